The first-order valence-electron chi connectivity index (χ1n) is 11.7. The smallest absolute Gasteiger partial charge is 0.368 e. The quantitative estimate of drug-likeness (QED) is 0.403. The second-order valence-corrected chi connectivity index (χ2v) is 11.3. The van der Waals surface area contributed by atoms with E-state index in [0.717, 1.165) is 17.7 Å². The molecule has 1 aliphatic rings. The molecule has 1 fully saturated rings. The third-order valence-corrected chi connectivity index (χ3v) is 8.44. The number of imidazole rings is 1. The Kier molecular flexibility index (Phi) is 8.29. The van der Waals surface area contributed by atoms with E-state index in [4.69, 9.17) is 16.3 Å². The molecule has 200 valence electrons. The van der Waals surface area contributed by atoms with Crippen molar-refractivity contribution in [2.75, 3.05) is 32.7 Å². The number of ether oxygens (including phenoxy) is 1. The van der Waals surface area contributed by atoms with Crippen LogP contribution in [0.25, 0.3) is 0 Å². The number of sulfonamides is 1. The van der Waals surface area contributed by atoms with E-state index in [1.165, 1.54) is 22.6 Å². The first-order chi connectivity index (χ1) is 17.4. The van der Waals surface area contributed by atoms with Gasteiger partial charge in [-0.1, -0.05) is 35.9 Å². The Labute approximate surface area is 219 Å². The van der Waals surface area contributed by atoms with E-state index in [2.05, 4.69) is 9.88 Å². The largest absolute Gasteiger partial charge is 0.416 e. The van der Waals surface area contributed by atoms with Crippen molar-refractivity contribution in [3.05, 3.63) is 82.3 Å². The van der Waals surface area contributed by atoms with Crippen molar-refractivity contribution in [1.82, 2.24) is 18.8 Å². The zero-order chi connectivity index (χ0) is 26.8. The lowest BCUT2D eigenvalue weighted by molar-refractivity contribution is -0.137. The molecule has 1 aromatic heterocycles. The number of hydrogen-bond acceptors (Lipinski definition) is 5. The second kappa shape index (κ2) is 11.1. The van der Waals surface area contributed by atoms with Crippen LogP contribution in [0.4, 0.5) is 13.2 Å². The summed E-state index contributed by atoms with van der Waals surface area (Å²) in [6, 6.07) is 12.1. The summed E-state index contributed by atoms with van der Waals surface area (Å²) in [7, 11) is -1.93. The van der Waals surface area contributed by atoms with E-state index in [-0.39, 0.29) is 17.7 Å². The van der Waals surface area contributed by atoms with Crippen LogP contribution >= 0.6 is 11.6 Å². The summed E-state index contributed by atoms with van der Waals surface area (Å²) in [5, 5.41) is 0.619. The van der Waals surface area contributed by atoms with Crippen molar-refractivity contribution in [2.24, 2.45) is 7.05 Å². The summed E-state index contributed by atoms with van der Waals surface area (Å²) in [6.07, 6.45) is -3.26. The summed E-state index contributed by atoms with van der Waals surface area (Å²) in [6.45, 7) is 3.97. The SMILES string of the molecule is Cc1nc(S(=O)(=O)N2CCN(C[C@@H](OCc3ccc(C(F)(F)F)cc3)c3ccc(Cl)cc3)CC2)cn1C. The van der Waals surface area contributed by atoms with Crippen molar-refractivity contribution in [2.45, 2.75) is 30.8 Å². The van der Waals surface area contributed by atoms with Crippen LogP contribution < -0.4 is 0 Å². The standard InChI is InChI=1S/C25H28ClF3N4O3S/c1-18-30-24(16-31(18)2)37(34,35)33-13-11-32(12-14-33)15-23(20-5-9-22(26)10-6-20)36-17-19-3-7-21(8-4-19)25(27,28)29/h3-10,16,23H,11-15,17H2,1-2H3/t23-/m1/s1. The van der Waals surface area contributed by atoms with Gasteiger partial charge in [-0.3, -0.25) is 4.90 Å². The van der Waals surface area contributed by atoms with Gasteiger partial charge < -0.3 is 9.30 Å². The average Bonchev–Trinajstić information content (AvgIpc) is 3.21. The number of aromatic nitrogens is 2. The number of piperazine rings is 1. The van der Waals surface area contributed by atoms with Gasteiger partial charge in [-0.05, 0) is 42.3 Å². The molecular formula is C25H28ClF3N4O3S. The fourth-order valence-corrected chi connectivity index (χ4v) is 5.66. The normalized spacial score (nSPS) is 16.7. The van der Waals surface area contributed by atoms with Gasteiger partial charge in [0.15, 0.2) is 5.03 Å². The summed E-state index contributed by atoms with van der Waals surface area (Å²) >= 11 is 6.04. The van der Waals surface area contributed by atoms with Crippen LogP contribution in [-0.4, -0.2) is 59.9 Å². The van der Waals surface area contributed by atoms with Gasteiger partial charge in [-0.15, -0.1) is 0 Å². The zero-order valence-corrected chi connectivity index (χ0v) is 22.0. The molecule has 2 heterocycles. The second-order valence-electron chi connectivity index (χ2n) is 8.99. The van der Waals surface area contributed by atoms with Crippen molar-refractivity contribution in [3.63, 3.8) is 0 Å². The molecule has 2 aromatic carbocycles. The number of rotatable bonds is 8. The summed E-state index contributed by atoms with van der Waals surface area (Å²) < 4.78 is 73.9. The fourth-order valence-electron chi connectivity index (χ4n) is 4.09. The van der Waals surface area contributed by atoms with Gasteiger partial charge in [0.05, 0.1) is 18.3 Å². The molecule has 0 unspecified atom stereocenters. The van der Waals surface area contributed by atoms with Crippen LogP contribution in [0.2, 0.25) is 5.02 Å². The molecule has 1 saturated heterocycles. The highest BCUT2D eigenvalue weighted by Crippen LogP contribution is 2.30. The molecule has 0 spiro atoms. The number of halogens is 4. The highest BCUT2D eigenvalue weighted by atomic mass is 35.5. The minimum Gasteiger partial charge on any atom is -0.368 e. The summed E-state index contributed by atoms with van der Waals surface area (Å²) in [4.78, 5) is 6.28. The molecule has 37 heavy (non-hydrogen) atoms. The van der Waals surface area contributed by atoms with E-state index in [1.807, 2.05) is 12.1 Å². The minimum atomic E-state index is -4.39. The highest BCUT2D eigenvalue weighted by molar-refractivity contribution is 7.89. The van der Waals surface area contributed by atoms with Crippen LogP contribution in [0.1, 0.15) is 28.6 Å². The Morgan fingerprint density at radius 1 is 1.03 bits per heavy atom. The van der Waals surface area contributed by atoms with Gasteiger partial charge in [0, 0.05) is 51.0 Å². The van der Waals surface area contributed by atoms with Crippen LogP contribution in [0.5, 0.6) is 0 Å². The minimum absolute atomic E-state index is 0.0415. The first-order valence-corrected chi connectivity index (χ1v) is 13.5. The lowest BCUT2D eigenvalue weighted by atomic mass is 10.1. The first kappa shape index (κ1) is 27.6. The Morgan fingerprint density at radius 3 is 2.19 bits per heavy atom. The molecule has 0 radical (unpaired) electrons. The van der Waals surface area contributed by atoms with Gasteiger partial charge in [-0.2, -0.15) is 17.5 Å². The van der Waals surface area contributed by atoms with Crippen molar-refractivity contribution in [3.8, 4) is 0 Å². The number of alkyl halides is 3. The Bertz CT molecular complexity index is 1280. The molecule has 0 saturated carbocycles. The van der Waals surface area contributed by atoms with Crippen molar-refractivity contribution < 1.29 is 26.3 Å². The molecule has 0 aliphatic carbocycles. The third kappa shape index (κ3) is 6.71. The van der Waals surface area contributed by atoms with Crippen LogP contribution in [0.15, 0.2) is 59.8 Å². The highest BCUT2D eigenvalue weighted by Gasteiger charge is 2.32. The molecular weight excluding hydrogens is 529 g/mol. The van der Waals surface area contributed by atoms with E-state index in [0.29, 0.717) is 49.1 Å². The Balaban J connectivity index is 1.41. The van der Waals surface area contributed by atoms with E-state index in [9.17, 15) is 21.6 Å². The lowest BCUT2D eigenvalue weighted by Gasteiger charge is -2.35. The lowest BCUT2D eigenvalue weighted by Crippen LogP contribution is -2.49. The molecule has 4 rings (SSSR count). The van der Waals surface area contributed by atoms with E-state index in [1.54, 1.807) is 30.7 Å². The van der Waals surface area contributed by atoms with Crippen molar-refractivity contribution >= 4 is 21.6 Å². The van der Waals surface area contributed by atoms with Gasteiger partial charge in [0.25, 0.3) is 10.0 Å². The van der Waals surface area contributed by atoms with Gasteiger partial charge in [0.2, 0.25) is 0 Å². The average molecular weight is 557 g/mol. The van der Waals surface area contributed by atoms with E-state index >= 15 is 0 Å². The van der Waals surface area contributed by atoms with Crippen molar-refractivity contribution in [1.29, 1.82) is 0 Å². The Hall–Kier alpha value is -2.44. The van der Waals surface area contributed by atoms with E-state index < -0.39 is 21.8 Å². The maximum absolute atomic E-state index is 13.0. The molecule has 1 aliphatic heterocycles. The summed E-state index contributed by atoms with van der Waals surface area (Å²) in [5.74, 6) is 0.619. The molecule has 0 amide bonds. The molecule has 1 atom stereocenters. The maximum atomic E-state index is 13.0. The van der Waals surface area contributed by atoms with Crippen LogP contribution in [0, 0.1) is 6.92 Å². The monoisotopic (exact) mass is 556 g/mol. The molecule has 12 heteroatoms. The molecule has 3 aromatic rings. The summed E-state index contributed by atoms with van der Waals surface area (Å²) in [5.41, 5.74) is 0.781. The number of nitrogens with zero attached hydrogens (tertiary/aromatic N) is 4. The topological polar surface area (TPSA) is 67.7 Å². The molecule has 0 N–H and O–H groups in total. The number of hydrogen-bond donors (Lipinski definition) is 0. The number of aryl methyl sites for hydroxylation is 2. The van der Waals surface area contributed by atoms with Crippen LogP contribution in [0.3, 0.4) is 0 Å². The maximum Gasteiger partial charge on any atom is 0.416 e. The molecule has 0 bridgehead atoms. The fraction of sp³-hybridized carbons (Fsp3) is 0.400. The third-order valence-electron chi connectivity index (χ3n) is 6.42. The zero-order valence-electron chi connectivity index (χ0n) is 20.4. The number of benzene rings is 2. The van der Waals surface area contributed by atoms with Gasteiger partial charge >= 0.3 is 6.18 Å². The van der Waals surface area contributed by atoms with Crippen LogP contribution in [-0.2, 0) is 34.6 Å². The predicted molar refractivity (Wildman–Crippen MR) is 134 cm³/mol. The molecule has 7 nitrogen and oxygen atoms in total. The van der Waals surface area contributed by atoms with Gasteiger partial charge in [-0.25, -0.2) is 13.4 Å². The predicted octanol–water partition coefficient (Wildman–Crippen LogP) is 4.67. The Morgan fingerprint density at radius 2 is 1.65 bits per heavy atom. The van der Waals surface area contributed by atoms with Gasteiger partial charge in [0.1, 0.15) is 5.82 Å².